The Balaban J connectivity index is 1.56. The minimum Gasteiger partial charge on any atom is -0.321 e. The van der Waals surface area contributed by atoms with Gasteiger partial charge in [0.1, 0.15) is 5.01 Å². The van der Waals surface area contributed by atoms with E-state index in [2.05, 4.69) is 17.4 Å². The number of hydrogen-bond donors (Lipinski definition) is 1. The van der Waals surface area contributed by atoms with E-state index < -0.39 is 0 Å². The monoisotopic (exact) mass is 376 g/mol. The molecule has 0 atom stereocenters. The highest BCUT2D eigenvalue weighted by atomic mass is 32.1. The Labute approximate surface area is 160 Å². The Bertz CT molecular complexity index is 1050. The average Bonchev–Trinajstić information content (AvgIpc) is 3.32. The number of thiophene rings is 1. The number of hydrogen-bond acceptors (Lipinski definition) is 4. The van der Waals surface area contributed by atoms with Crippen LogP contribution in [0.1, 0.15) is 15.2 Å². The van der Waals surface area contributed by atoms with Crippen LogP contribution in [-0.2, 0) is 0 Å². The van der Waals surface area contributed by atoms with E-state index in [1.54, 1.807) is 11.3 Å². The SMILES string of the molecule is Cc1csc(C(=O)Nc2cccc(-c3csc(-c4ccccc4)n3)c2)c1. The molecule has 0 unspecified atom stereocenters. The molecule has 0 fully saturated rings. The molecule has 128 valence electrons. The zero-order valence-electron chi connectivity index (χ0n) is 14.1. The lowest BCUT2D eigenvalue weighted by Crippen LogP contribution is -2.10. The lowest BCUT2D eigenvalue weighted by molar-refractivity contribution is 0.103. The van der Waals surface area contributed by atoms with Crippen molar-refractivity contribution in [2.24, 2.45) is 0 Å². The van der Waals surface area contributed by atoms with Gasteiger partial charge in [-0.3, -0.25) is 4.79 Å². The van der Waals surface area contributed by atoms with Gasteiger partial charge in [0.2, 0.25) is 0 Å². The van der Waals surface area contributed by atoms with Crippen LogP contribution in [0.5, 0.6) is 0 Å². The number of benzene rings is 2. The number of anilines is 1. The van der Waals surface area contributed by atoms with E-state index in [0.29, 0.717) is 4.88 Å². The third-order valence-corrected chi connectivity index (χ3v) is 5.83. The van der Waals surface area contributed by atoms with Crippen molar-refractivity contribution in [3.05, 3.63) is 81.9 Å². The summed E-state index contributed by atoms with van der Waals surface area (Å²) in [6, 6.07) is 19.8. The predicted octanol–water partition coefficient (Wildman–Crippen LogP) is 6.10. The van der Waals surface area contributed by atoms with Crippen molar-refractivity contribution >= 4 is 34.3 Å². The summed E-state index contributed by atoms with van der Waals surface area (Å²) >= 11 is 3.08. The maximum Gasteiger partial charge on any atom is 0.265 e. The number of aromatic nitrogens is 1. The van der Waals surface area contributed by atoms with Gasteiger partial charge in [0.05, 0.1) is 10.6 Å². The Hall–Kier alpha value is -2.76. The molecular weight excluding hydrogens is 360 g/mol. The molecule has 4 rings (SSSR count). The third-order valence-electron chi connectivity index (χ3n) is 3.90. The van der Waals surface area contributed by atoms with E-state index in [9.17, 15) is 4.79 Å². The molecule has 2 aromatic carbocycles. The molecule has 1 amide bonds. The zero-order chi connectivity index (χ0) is 17.9. The molecule has 2 heterocycles. The molecule has 3 nitrogen and oxygen atoms in total. The largest absolute Gasteiger partial charge is 0.321 e. The van der Waals surface area contributed by atoms with E-state index in [4.69, 9.17) is 4.98 Å². The Kier molecular flexibility index (Phi) is 4.65. The van der Waals surface area contributed by atoms with E-state index >= 15 is 0 Å². The Morgan fingerprint density at radius 3 is 2.50 bits per heavy atom. The molecular formula is C21H16N2OS2. The fraction of sp³-hybridized carbons (Fsp3) is 0.0476. The van der Waals surface area contributed by atoms with Gasteiger partial charge >= 0.3 is 0 Å². The van der Waals surface area contributed by atoms with Gasteiger partial charge in [-0.15, -0.1) is 22.7 Å². The highest BCUT2D eigenvalue weighted by molar-refractivity contribution is 7.13. The van der Waals surface area contributed by atoms with Crippen LogP contribution < -0.4 is 5.32 Å². The van der Waals surface area contributed by atoms with E-state index in [0.717, 1.165) is 33.1 Å². The van der Waals surface area contributed by atoms with Crippen molar-refractivity contribution in [2.45, 2.75) is 6.92 Å². The van der Waals surface area contributed by atoms with Gasteiger partial charge in [0.25, 0.3) is 5.91 Å². The van der Waals surface area contributed by atoms with E-state index in [-0.39, 0.29) is 5.91 Å². The normalized spacial score (nSPS) is 10.7. The Morgan fingerprint density at radius 2 is 1.73 bits per heavy atom. The van der Waals surface area contributed by atoms with Crippen LogP contribution >= 0.6 is 22.7 Å². The third kappa shape index (κ3) is 3.59. The second kappa shape index (κ2) is 7.23. The van der Waals surface area contributed by atoms with E-state index in [1.807, 2.05) is 66.2 Å². The maximum atomic E-state index is 12.4. The summed E-state index contributed by atoms with van der Waals surface area (Å²) in [7, 11) is 0. The molecule has 0 radical (unpaired) electrons. The second-order valence-corrected chi connectivity index (χ2v) is 7.70. The number of rotatable bonds is 4. The predicted molar refractivity (Wildman–Crippen MR) is 110 cm³/mol. The van der Waals surface area contributed by atoms with Gasteiger partial charge in [-0.25, -0.2) is 4.98 Å². The number of amides is 1. The number of nitrogens with one attached hydrogen (secondary N) is 1. The van der Waals surface area contributed by atoms with Crippen LogP contribution in [0.2, 0.25) is 0 Å². The lowest BCUT2D eigenvalue weighted by Gasteiger charge is -2.05. The fourth-order valence-corrected chi connectivity index (χ4v) is 4.25. The molecule has 0 aliphatic heterocycles. The lowest BCUT2D eigenvalue weighted by atomic mass is 10.1. The summed E-state index contributed by atoms with van der Waals surface area (Å²) in [4.78, 5) is 17.8. The molecule has 0 aliphatic carbocycles. The fourth-order valence-electron chi connectivity index (χ4n) is 2.62. The summed E-state index contributed by atoms with van der Waals surface area (Å²) in [5.74, 6) is -0.0801. The first-order chi connectivity index (χ1) is 12.7. The summed E-state index contributed by atoms with van der Waals surface area (Å²) < 4.78 is 0. The minimum atomic E-state index is -0.0801. The van der Waals surface area contributed by atoms with Crippen LogP contribution in [0.25, 0.3) is 21.8 Å². The standard InChI is InChI=1S/C21H16N2OS2/c1-14-10-19(25-12-14)20(24)22-17-9-5-8-16(11-17)18-13-26-21(23-18)15-6-3-2-4-7-15/h2-13H,1H3,(H,22,24). The van der Waals surface area contributed by atoms with E-state index in [1.165, 1.54) is 11.3 Å². The van der Waals surface area contributed by atoms with Crippen molar-refractivity contribution in [3.8, 4) is 21.8 Å². The quantitative estimate of drug-likeness (QED) is 0.467. The molecule has 0 saturated carbocycles. The molecule has 4 aromatic rings. The first-order valence-electron chi connectivity index (χ1n) is 8.17. The van der Waals surface area contributed by atoms with Gasteiger partial charge in [-0.2, -0.15) is 0 Å². The number of carbonyl (C=O) groups excluding carboxylic acids is 1. The first-order valence-corrected chi connectivity index (χ1v) is 9.93. The van der Waals surface area contributed by atoms with Crippen molar-refractivity contribution < 1.29 is 4.79 Å². The first kappa shape index (κ1) is 16.7. The average molecular weight is 377 g/mol. The number of carbonyl (C=O) groups is 1. The molecule has 0 bridgehead atoms. The van der Waals surface area contributed by atoms with Crippen molar-refractivity contribution in [2.75, 3.05) is 5.32 Å². The van der Waals surface area contributed by atoms with Gasteiger partial charge in [0, 0.05) is 22.2 Å². The van der Waals surface area contributed by atoms with Gasteiger partial charge < -0.3 is 5.32 Å². The van der Waals surface area contributed by atoms with Crippen LogP contribution in [0.4, 0.5) is 5.69 Å². The number of thiazole rings is 1. The summed E-state index contributed by atoms with van der Waals surface area (Å²) in [5.41, 5.74) is 4.89. The minimum absolute atomic E-state index is 0.0801. The molecule has 0 saturated heterocycles. The van der Waals surface area contributed by atoms with Crippen molar-refractivity contribution in [1.82, 2.24) is 4.98 Å². The van der Waals surface area contributed by atoms with Crippen LogP contribution in [0, 0.1) is 6.92 Å². The Morgan fingerprint density at radius 1 is 0.923 bits per heavy atom. The summed E-state index contributed by atoms with van der Waals surface area (Å²) in [6.45, 7) is 1.99. The summed E-state index contributed by atoms with van der Waals surface area (Å²) in [6.07, 6.45) is 0. The number of nitrogens with zero attached hydrogens (tertiary/aromatic N) is 1. The van der Waals surface area contributed by atoms with Gasteiger partial charge in [0.15, 0.2) is 0 Å². The van der Waals surface area contributed by atoms with Gasteiger partial charge in [-0.1, -0.05) is 42.5 Å². The molecule has 1 N–H and O–H groups in total. The topological polar surface area (TPSA) is 42.0 Å². The van der Waals surface area contributed by atoms with Gasteiger partial charge in [-0.05, 0) is 36.1 Å². The van der Waals surface area contributed by atoms with Crippen LogP contribution in [0.3, 0.4) is 0 Å². The van der Waals surface area contributed by atoms with Crippen molar-refractivity contribution in [1.29, 1.82) is 0 Å². The number of aryl methyl sites for hydroxylation is 1. The highest BCUT2D eigenvalue weighted by Gasteiger charge is 2.10. The van der Waals surface area contributed by atoms with Crippen molar-refractivity contribution in [3.63, 3.8) is 0 Å². The maximum absolute atomic E-state index is 12.4. The second-order valence-electron chi connectivity index (χ2n) is 5.93. The van der Waals surface area contributed by atoms with Crippen LogP contribution in [0.15, 0.2) is 71.4 Å². The summed E-state index contributed by atoms with van der Waals surface area (Å²) in [5, 5.41) is 7.98. The smallest absolute Gasteiger partial charge is 0.265 e. The zero-order valence-corrected chi connectivity index (χ0v) is 15.7. The molecule has 0 spiro atoms. The molecule has 2 aromatic heterocycles. The van der Waals surface area contributed by atoms with Crippen LogP contribution in [-0.4, -0.2) is 10.9 Å². The molecule has 0 aliphatic rings. The molecule has 5 heteroatoms. The highest BCUT2D eigenvalue weighted by Crippen LogP contribution is 2.30. The molecule has 26 heavy (non-hydrogen) atoms.